The Labute approximate surface area is 135 Å². The van der Waals surface area contributed by atoms with Gasteiger partial charge < -0.3 is 4.74 Å². The molecule has 3 aromatic rings. The highest BCUT2D eigenvalue weighted by molar-refractivity contribution is 6.30. The van der Waals surface area contributed by atoms with E-state index in [1.54, 1.807) is 7.11 Å². The van der Waals surface area contributed by atoms with Gasteiger partial charge in [-0.05, 0) is 39.9 Å². The Morgan fingerprint density at radius 2 is 1.45 bits per heavy atom. The Morgan fingerprint density at radius 3 is 2.23 bits per heavy atom. The Kier molecular flexibility index (Phi) is 2.98. The third-order valence-electron chi connectivity index (χ3n) is 4.36. The molecule has 0 N–H and O–H groups in total. The van der Waals surface area contributed by atoms with E-state index in [9.17, 15) is 0 Å². The number of ether oxygens (including phenoxy) is 1. The monoisotopic (exact) mass is 306 g/mol. The first-order valence-corrected chi connectivity index (χ1v) is 7.66. The van der Waals surface area contributed by atoms with Crippen molar-refractivity contribution < 1.29 is 4.74 Å². The van der Waals surface area contributed by atoms with Crippen LogP contribution in [0.5, 0.6) is 5.75 Å². The summed E-state index contributed by atoms with van der Waals surface area (Å²) in [5, 5.41) is 0. The van der Waals surface area contributed by atoms with E-state index >= 15 is 0 Å². The molecule has 0 amide bonds. The Bertz CT molecular complexity index is 841. The van der Waals surface area contributed by atoms with Crippen molar-refractivity contribution in [1.29, 1.82) is 0 Å². The fourth-order valence-corrected chi connectivity index (χ4v) is 3.77. The second-order valence-electron chi connectivity index (χ2n) is 5.48. The number of hydrogen-bond acceptors (Lipinski definition) is 1. The lowest BCUT2D eigenvalue weighted by Gasteiger charge is -2.25. The number of benzene rings is 3. The largest absolute Gasteiger partial charge is 0.497 e. The van der Waals surface area contributed by atoms with Crippen LogP contribution in [0.25, 0.3) is 11.1 Å². The van der Waals surface area contributed by atoms with Crippen molar-refractivity contribution in [2.75, 3.05) is 7.11 Å². The van der Waals surface area contributed by atoms with Crippen LogP contribution in [0.2, 0.25) is 0 Å². The van der Waals surface area contributed by atoms with Crippen LogP contribution in [0.15, 0.2) is 72.8 Å². The fourth-order valence-electron chi connectivity index (χ4n) is 3.32. The molecule has 2 heteroatoms. The molecule has 108 valence electrons. The highest BCUT2D eigenvalue weighted by Gasteiger charge is 2.43. The van der Waals surface area contributed by atoms with Crippen LogP contribution >= 0.6 is 11.6 Å². The lowest BCUT2D eigenvalue weighted by molar-refractivity contribution is 0.415. The lowest BCUT2D eigenvalue weighted by Crippen LogP contribution is -2.18. The molecule has 1 nitrogen and oxygen atoms in total. The molecule has 0 saturated carbocycles. The van der Waals surface area contributed by atoms with Gasteiger partial charge in [0.05, 0.1) is 7.11 Å². The van der Waals surface area contributed by atoms with Crippen LogP contribution in [0, 0.1) is 0 Å². The van der Waals surface area contributed by atoms with E-state index < -0.39 is 4.87 Å². The molecule has 0 spiro atoms. The van der Waals surface area contributed by atoms with Crippen LogP contribution in [0.4, 0.5) is 0 Å². The van der Waals surface area contributed by atoms with E-state index in [0.717, 1.165) is 28.0 Å². The first kappa shape index (κ1) is 13.4. The van der Waals surface area contributed by atoms with Crippen molar-refractivity contribution in [1.82, 2.24) is 0 Å². The molecule has 0 saturated heterocycles. The number of methoxy groups -OCH3 is 1. The molecule has 0 heterocycles. The molecule has 0 fully saturated rings. The summed E-state index contributed by atoms with van der Waals surface area (Å²) in [7, 11) is 1.69. The van der Waals surface area contributed by atoms with Crippen LogP contribution in [0.3, 0.4) is 0 Å². The van der Waals surface area contributed by atoms with Gasteiger partial charge in [0.25, 0.3) is 0 Å². The summed E-state index contributed by atoms with van der Waals surface area (Å²) in [4.78, 5) is -0.639. The summed E-state index contributed by atoms with van der Waals surface area (Å²) < 4.78 is 5.39. The topological polar surface area (TPSA) is 9.23 Å². The van der Waals surface area contributed by atoms with E-state index in [4.69, 9.17) is 16.3 Å². The SMILES string of the molecule is COc1ccc2c(c1)-c1ccccc1C2(Cl)c1ccccc1. The first-order valence-electron chi connectivity index (χ1n) is 7.28. The van der Waals surface area contributed by atoms with E-state index in [-0.39, 0.29) is 0 Å². The van der Waals surface area contributed by atoms with Crippen molar-refractivity contribution in [3.63, 3.8) is 0 Å². The van der Waals surface area contributed by atoms with Gasteiger partial charge in [-0.15, -0.1) is 11.6 Å². The van der Waals surface area contributed by atoms with Crippen LogP contribution in [0.1, 0.15) is 16.7 Å². The highest BCUT2D eigenvalue weighted by atomic mass is 35.5. The lowest BCUT2D eigenvalue weighted by atomic mass is 9.88. The predicted molar refractivity (Wildman–Crippen MR) is 90.6 cm³/mol. The third kappa shape index (κ3) is 1.72. The van der Waals surface area contributed by atoms with Gasteiger partial charge in [0.2, 0.25) is 0 Å². The van der Waals surface area contributed by atoms with Gasteiger partial charge in [-0.3, -0.25) is 0 Å². The number of alkyl halides is 1. The van der Waals surface area contributed by atoms with Crippen molar-refractivity contribution in [3.8, 4) is 16.9 Å². The molecule has 0 bridgehead atoms. The molecule has 1 atom stereocenters. The smallest absolute Gasteiger partial charge is 0.121 e. The molecule has 3 aromatic carbocycles. The highest BCUT2D eigenvalue weighted by Crippen LogP contribution is 2.55. The van der Waals surface area contributed by atoms with E-state index in [1.807, 2.05) is 30.3 Å². The summed E-state index contributed by atoms with van der Waals surface area (Å²) >= 11 is 7.21. The van der Waals surface area contributed by atoms with Crippen molar-refractivity contribution in [3.05, 3.63) is 89.5 Å². The predicted octanol–water partition coefficient (Wildman–Crippen LogP) is 5.21. The molecule has 1 unspecified atom stereocenters. The Hall–Kier alpha value is -2.25. The molecule has 0 aromatic heterocycles. The zero-order valence-electron chi connectivity index (χ0n) is 12.2. The second kappa shape index (κ2) is 4.89. The van der Waals surface area contributed by atoms with Gasteiger partial charge in [0.1, 0.15) is 10.6 Å². The summed E-state index contributed by atoms with van der Waals surface area (Å²) in [5.74, 6) is 0.850. The second-order valence-corrected chi connectivity index (χ2v) is 6.05. The minimum Gasteiger partial charge on any atom is -0.497 e. The molecular weight excluding hydrogens is 292 g/mol. The maximum Gasteiger partial charge on any atom is 0.121 e. The van der Waals surface area contributed by atoms with E-state index in [2.05, 4.69) is 42.5 Å². The van der Waals surface area contributed by atoms with Gasteiger partial charge in [0.15, 0.2) is 0 Å². The van der Waals surface area contributed by atoms with Gasteiger partial charge in [-0.25, -0.2) is 0 Å². The first-order chi connectivity index (χ1) is 10.7. The summed E-state index contributed by atoms with van der Waals surface area (Å²) in [5.41, 5.74) is 5.66. The number of hydrogen-bond donors (Lipinski definition) is 0. The average molecular weight is 307 g/mol. The summed E-state index contributed by atoms with van der Waals surface area (Å²) in [6.07, 6.45) is 0. The standard InChI is InChI=1S/C20H15ClO/c1-22-15-11-12-19-17(13-15)16-9-5-6-10-18(16)20(19,21)14-7-3-2-4-8-14/h2-13H,1H3. The maximum atomic E-state index is 7.21. The molecule has 0 aliphatic heterocycles. The number of halogens is 1. The molecule has 4 rings (SSSR count). The Balaban J connectivity index is 2.06. The fraction of sp³-hybridized carbons (Fsp3) is 0.100. The van der Waals surface area contributed by atoms with Gasteiger partial charge in [-0.2, -0.15) is 0 Å². The van der Waals surface area contributed by atoms with Crippen LogP contribution in [-0.2, 0) is 4.87 Å². The molecule has 0 radical (unpaired) electrons. The van der Waals surface area contributed by atoms with Gasteiger partial charge in [0, 0.05) is 0 Å². The normalized spacial score (nSPS) is 18.6. The molecule has 22 heavy (non-hydrogen) atoms. The molecule has 1 aliphatic carbocycles. The van der Waals surface area contributed by atoms with E-state index in [0.29, 0.717) is 0 Å². The minimum atomic E-state index is -0.639. The van der Waals surface area contributed by atoms with Crippen LogP contribution < -0.4 is 4.74 Å². The molecule has 1 aliphatic rings. The maximum absolute atomic E-state index is 7.21. The zero-order chi connectivity index (χ0) is 15.2. The molecular formula is C20H15ClO. The minimum absolute atomic E-state index is 0.639. The number of rotatable bonds is 2. The summed E-state index contributed by atoms with van der Waals surface area (Å²) in [6, 6.07) is 24.7. The van der Waals surface area contributed by atoms with Crippen LogP contribution in [-0.4, -0.2) is 7.11 Å². The zero-order valence-corrected chi connectivity index (χ0v) is 13.0. The summed E-state index contributed by atoms with van der Waals surface area (Å²) in [6.45, 7) is 0. The number of fused-ring (bicyclic) bond motifs is 3. The average Bonchev–Trinajstić information content (AvgIpc) is 2.86. The Morgan fingerprint density at radius 1 is 0.773 bits per heavy atom. The van der Waals surface area contributed by atoms with Crippen molar-refractivity contribution in [2.24, 2.45) is 0 Å². The van der Waals surface area contributed by atoms with Gasteiger partial charge in [-0.1, -0.05) is 60.7 Å². The van der Waals surface area contributed by atoms with Gasteiger partial charge >= 0.3 is 0 Å². The van der Waals surface area contributed by atoms with Crippen molar-refractivity contribution >= 4 is 11.6 Å². The third-order valence-corrected chi connectivity index (χ3v) is 4.98. The quantitative estimate of drug-likeness (QED) is 0.591. The van der Waals surface area contributed by atoms with Crippen molar-refractivity contribution in [2.45, 2.75) is 4.87 Å². The van der Waals surface area contributed by atoms with E-state index in [1.165, 1.54) is 5.56 Å².